The first kappa shape index (κ1) is 21.8. The van der Waals surface area contributed by atoms with Gasteiger partial charge in [-0.05, 0) is 83.6 Å². The summed E-state index contributed by atoms with van der Waals surface area (Å²) in [4.78, 5) is 28.6. The lowest BCUT2D eigenvalue weighted by molar-refractivity contribution is -0.122. The minimum Gasteiger partial charge on any atom is -0.508 e. The van der Waals surface area contributed by atoms with Crippen molar-refractivity contribution in [3.63, 3.8) is 0 Å². The van der Waals surface area contributed by atoms with Crippen LogP contribution in [0.5, 0.6) is 11.5 Å². The molecule has 2 fully saturated rings. The summed E-state index contributed by atoms with van der Waals surface area (Å²) >= 11 is 0. The number of fused-ring (bicyclic) bond motifs is 5. The van der Waals surface area contributed by atoms with E-state index in [-0.39, 0.29) is 23.3 Å². The summed E-state index contributed by atoms with van der Waals surface area (Å²) in [6.45, 7) is 3.74. The SMILES string of the molecule is Cc1cc(O)ccc1C1=C(c2ccc(O)cc2C)[C@H]2[C@H]3C(=O)N(c4ccccc4)C(=O)[C@H]3[C@@H]1S2=O. The van der Waals surface area contributed by atoms with Crippen molar-refractivity contribution in [1.82, 2.24) is 0 Å². The molecule has 0 spiro atoms. The molecule has 0 radical (unpaired) electrons. The number of para-hydroxylation sites is 1. The molecular formula is C28H23NO5S. The van der Waals surface area contributed by atoms with Gasteiger partial charge in [0.25, 0.3) is 0 Å². The van der Waals surface area contributed by atoms with E-state index < -0.39 is 33.1 Å². The Morgan fingerprint density at radius 3 is 1.60 bits per heavy atom. The molecule has 0 saturated carbocycles. The summed E-state index contributed by atoms with van der Waals surface area (Å²) in [5.41, 5.74) is 5.31. The molecule has 5 atom stereocenters. The highest BCUT2D eigenvalue weighted by Crippen LogP contribution is 2.59. The second-order valence-electron chi connectivity index (χ2n) is 9.39. The average Bonchev–Trinajstić information content (AvgIpc) is 3.37. The summed E-state index contributed by atoms with van der Waals surface area (Å²) in [6.07, 6.45) is 0. The largest absolute Gasteiger partial charge is 0.508 e. The fraction of sp³-hybridized carbons (Fsp3) is 0.214. The monoisotopic (exact) mass is 485 g/mol. The Balaban J connectivity index is 1.59. The zero-order chi connectivity index (χ0) is 24.6. The third-order valence-corrected chi connectivity index (χ3v) is 9.48. The van der Waals surface area contributed by atoms with Gasteiger partial charge in [0.2, 0.25) is 11.8 Å². The van der Waals surface area contributed by atoms with Crippen LogP contribution < -0.4 is 4.90 Å². The maximum atomic E-state index is 13.9. The first-order valence-electron chi connectivity index (χ1n) is 11.5. The minimum atomic E-state index is -1.48. The lowest BCUT2D eigenvalue weighted by Gasteiger charge is -2.27. The molecule has 2 N–H and O–H groups in total. The van der Waals surface area contributed by atoms with E-state index in [0.717, 1.165) is 33.4 Å². The van der Waals surface area contributed by atoms with Gasteiger partial charge in [0.1, 0.15) is 11.5 Å². The van der Waals surface area contributed by atoms with Crippen molar-refractivity contribution in [2.75, 3.05) is 4.90 Å². The van der Waals surface area contributed by atoms with Gasteiger partial charge in [-0.1, -0.05) is 30.3 Å². The van der Waals surface area contributed by atoms with Gasteiger partial charge in [-0.25, -0.2) is 4.90 Å². The number of amides is 2. The molecule has 2 bridgehead atoms. The van der Waals surface area contributed by atoms with E-state index in [2.05, 4.69) is 0 Å². The van der Waals surface area contributed by atoms with E-state index in [9.17, 15) is 24.0 Å². The van der Waals surface area contributed by atoms with Crippen molar-refractivity contribution < 1.29 is 24.0 Å². The highest BCUT2D eigenvalue weighted by Gasteiger charge is 2.68. The van der Waals surface area contributed by atoms with Gasteiger partial charge >= 0.3 is 0 Å². The van der Waals surface area contributed by atoms with Gasteiger partial charge in [-0.2, -0.15) is 0 Å². The molecular weight excluding hydrogens is 462 g/mol. The van der Waals surface area contributed by atoms with Crippen LogP contribution >= 0.6 is 0 Å². The molecule has 6 nitrogen and oxygen atoms in total. The number of hydrogen-bond acceptors (Lipinski definition) is 5. The van der Waals surface area contributed by atoms with Gasteiger partial charge in [-0.3, -0.25) is 13.8 Å². The first-order valence-corrected chi connectivity index (χ1v) is 12.7. The summed E-state index contributed by atoms with van der Waals surface area (Å²) in [6, 6.07) is 18.9. The minimum absolute atomic E-state index is 0.124. The van der Waals surface area contributed by atoms with Crippen LogP contribution in [0.2, 0.25) is 0 Å². The van der Waals surface area contributed by atoms with E-state index in [1.54, 1.807) is 60.7 Å². The molecule has 2 amide bonds. The highest BCUT2D eigenvalue weighted by atomic mass is 32.2. The number of anilines is 1. The molecule has 3 heterocycles. The van der Waals surface area contributed by atoms with Crippen LogP contribution in [0.4, 0.5) is 5.69 Å². The Kier molecular flexibility index (Phi) is 4.76. The van der Waals surface area contributed by atoms with Crippen LogP contribution in [-0.2, 0) is 20.4 Å². The Morgan fingerprint density at radius 2 is 1.17 bits per heavy atom. The van der Waals surface area contributed by atoms with Crippen LogP contribution in [0.1, 0.15) is 22.3 Å². The van der Waals surface area contributed by atoms with Gasteiger partial charge < -0.3 is 10.2 Å². The fourth-order valence-electron chi connectivity index (χ4n) is 6.02. The molecule has 1 unspecified atom stereocenters. The lowest BCUT2D eigenvalue weighted by atomic mass is 9.72. The third-order valence-electron chi connectivity index (χ3n) is 7.42. The molecule has 7 heteroatoms. The van der Waals surface area contributed by atoms with Crippen molar-refractivity contribution in [2.24, 2.45) is 11.8 Å². The zero-order valence-electron chi connectivity index (χ0n) is 19.1. The zero-order valence-corrected chi connectivity index (χ0v) is 20.0. The van der Waals surface area contributed by atoms with Gasteiger partial charge in [0, 0.05) is 10.8 Å². The molecule has 6 rings (SSSR count). The Morgan fingerprint density at radius 1 is 0.714 bits per heavy atom. The van der Waals surface area contributed by atoms with Crippen molar-refractivity contribution >= 4 is 39.4 Å². The van der Waals surface area contributed by atoms with Gasteiger partial charge in [0.05, 0.1) is 28.0 Å². The van der Waals surface area contributed by atoms with Crippen molar-refractivity contribution in [3.05, 3.63) is 89.0 Å². The molecule has 0 aliphatic carbocycles. The first-order chi connectivity index (χ1) is 16.8. The van der Waals surface area contributed by atoms with Gasteiger partial charge in [-0.15, -0.1) is 0 Å². The molecule has 3 aliphatic heterocycles. The van der Waals surface area contributed by atoms with E-state index >= 15 is 0 Å². The summed E-state index contributed by atoms with van der Waals surface area (Å²) in [5.74, 6) is -1.81. The van der Waals surface area contributed by atoms with E-state index in [0.29, 0.717) is 5.69 Å². The quantitative estimate of drug-likeness (QED) is 0.548. The maximum Gasteiger partial charge on any atom is 0.239 e. The number of imide groups is 1. The second kappa shape index (κ2) is 7.65. The fourth-order valence-corrected chi connectivity index (χ4v) is 8.46. The normalized spacial score (nSPS) is 27.1. The summed E-state index contributed by atoms with van der Waals surface area (Å²) in [5, 5.41) is 18.7. The third kappa shape index (κ3) is 2.97. The lowest BCUT2D eigenvalue weighted by Crippen LogP contribution is -2.35. The van der Waals surface area contributed by atoms with Crippen LogP contribution in [0.15, 0.2) is 66.7 Å². The number of benzene rings is 3. The average molecular weight is 486 g/mol. The van der Waals surface area contributed by atoms with Crippen LogP contribution in [0, 0.1) is 25.7 Å². The molecule has 176 valence electrons. The predicted octanol–water partition coefficient (Wildman–Crippen LogP) is 3.94. The molecule has 0 aromatic heterocycles. The van der Waals surface area contributed by atoms with Gasteiger partial charge in [0.15, 0.2) is 0 Å². The van der Waals surface area contributed by atoms with Crippen LogP contribution in [-0.4, -0.2) is 36.7 Å². The number of phenols is 2. The number of phenolic OH excluding ortho intramolecular Hbond substituents is 2. The van der Waals surface area contributed by atoms with E-state index in [4.69, 9.17) is 0 Å². The number of hydrogen-bond donors (Lipinski definition) is 2. The Hall–Kier alpha value is -3.71. The molecule has 2 saturated heterocycles. The van der Waals surface area contributed by atoms with Crippen LogP contribution in [0.3, 0.4) is 0 Å². The molecule has 3 aromatic carbocycles. The highest BCUT2D eigenvalue weighted by molar-refractivity contribution is 7.88. The Labute approximate surface area is 205 Å². The standard InChI is InChI=1S/C28H23NO5S/c1-14-12-17(30)8-10-19(14)21-22(20-11-9-18(31)13-15(20)2)26-24-23(25(21)35(26)34)27(32)29(28(24)33)16-6-4-3-5-7-16/h3-13,23-26,30-31H,1-2H3/t23-,24+,25-,26+,35?. The van der Waals surface area contributed by atoms with E-state index in [1.807, 2.05) is 19.9 Å². The Bertz CT molecular complexity index is 1390. The number of carbonyl (C=O) groups excluding carboxylic acids is 2. The maximum absolute atomic E-state index is 13.9. The summed E-state index contributed by atoms with van der Waals surface area (Å²) in [7, 11) is -1.48. The number of aryl methyl sites for hydroxylation is 2. The number of rotatable bonds is 3. The topological polar surface area (TPSA) is 94.9 Å². The van der Waals surface area contributed by atoms with Crippen LogP contribution in [0.25, 0.3) is 11.1 Å². The number of aromatic hydroxyl groups is 2. The van der Waals surface area contributed by atoms with Crippen molar-refractivity contribution in [3.8, 4) is 11.5 Å². The van der Waals surface area contributed by atoms with Crippen molar-refractivity contribution in [1.29, 1.82) is 0 Å². The number of nitrogens with zero attached hydrogens (tertiary/aromatic N) is 1. The van der Waals surface area contributed by atoms with E-state index in [1.165, 1.54) is 4.90 Å². The molecule has 35 heavy (non-hydrogen) atoms. The van der Waals surface area contributed by atoms with Crippen molar-refractivity contribution in [2.45, 2.75) is 24.3 Å². The summed E-state index contributed by atoms with van der Waals surface area (Å²) < 4.78 is 13.9. The second-order valence-corrected chi connectivity index (χ2v) is 11.1. The predicted molar refractivity (Wildman–Crippen MR) is 134 cm³/mol. The molecule has 3 aliphatic rings. The smallest absolute Gasteiger partial charge is 0.239 e. The number of carbonyl (C=O) groups is 2. The molecule has 3 aromatic rings.